The predicted molar refractivity (Wildman–Crippen MR) is 492 cm³/mol. The fraction of sp³-hybridized carbons (Fsp3) is 0.459. The lowest BCUT2D eigenvalue weighted by Gasteiger charge is -2.42. The van der Waals surface area contributed by atoms with E-state index < -0.39 is 0 Å². The average molecular weight is 1690 g/mol. The highest BCUT2D eigenvalue weighted by Crippen LogP contribution is 2.47. The average Bonchev–Trinajstić information content (AvgIpc) is 1.61. The molecule has 125 heavy (non-hydrogen) atoms. The Morgan fingerprint density at radius 2 is 0.648 bits per heavy atom. The van der Waals surface area contributed by atoms with Gasteiger partial charge in [-0.3, -0.25) is 62.1 Å². The maximum absolute atomic E-state index is 10.7. The highest BCUT2D eigenvalue weighted by atomic mass is 16.5. The molecule has 7 aliphatic heterocycles. The van der Waals surface area contributed by atoms with Gasteiger partial charge in [0.05, 0.1) is 118 Å². The molecular formula is C98H125N23O4. The van der Waals surface area contributed by atoms with Crippen LogP contribution in [0.2, 0.25) is 0 Å². The van der Waals surface area contributed by atoms with Gasteiger partial charge < -0.3 is 48.7 Å². The Balaban J connectivity index is 0.000000118. The van der Waals surface area contributed by atoms with Gasteiger partial charge in [0, 0.05) is 149 Å². The van der Waals surface area contributed by atoms with E-state index in [4.69, 9.17) is 49.1 Å². The normalized spacial score (nSPS) is 24.2. The maximum Gasteiger partial charge on any atom is 0.205 e. The van der Waals surface area contributed by atoms with Crippen molar-refractivity contribution in [3.8, 4) is 11.6 Å². The Hall–Kier alpha value is -10.7. The molecule has 7 fully saturated rings. The van der Waals surface area contributed by atoms with E-state index >= 15 is 0 Å². The van der Waals surface area contributed by atoms with Crippen LogP contribution in [0.25, 0.3) is 22.6 Å². The van der Waals surface area contributed by atoms with E-state index in [1.165, 1.54) is 45.4 Å². The van der Waals surface area contributed by atoms with Gasteiger partial charge in [-0.1, -0.05) is 48.5 Å². The van der Waals surface area contributed by atoms with Crippen molar-refractivity contribution < 1.29 is 19.3 Å². The van der Waals surface area contributed by atoms with Crippen LogP contribution >= 0.6 is 0 Å². The van der Waals surface area contributed by atoms with Gasteiger partial charge in [-0.05, 0) is 242 Å². The van der Waals surface area contributed by atoms with Crippen molar-refractivity contribution in [2.75, 3.05) is 157 Å². The van der Waals surface area contributed by atoms with Crippen LogP contribution in [0.3, 0.4) is 0 Å². The van der Waals surface area contributed by atoms with Crippen LogP contribution in [0, 0.1) is 27.7 Å². The SMILES string of the molecule is CO[C@@H]1C[C@H](c2cn3c(N4CCN(C)CC4)cccc3n2)N(C)[C@H](c2ncccc2C)C1.CO[C@H]1C[C@H](c2cn3c(N4CCN(C)CC4)cccc3n2)N(C)[C@H](c2ncccc2C)C1.Cc1cccnc1[C@@H]1CCC[C@H](c2cn3c(Oc4cccnc4)cccc3n2)N1C.Cc1cccnc1[C@@H]1C[C@@H](O)C[C@H](c2cn3c(N4CCN(C)CC4)cccc3n2)N1C. The third kappa shape index (κ3) is 18.8. The van der Waals surface area contributed by atoms with Crippen molar-refractivity contribution in [2.45, 2.75) is 152 Å². The Morgan fingerprint density at radius 1 is 0.328 bits per heavy atom. The minimum Gasteiger partial charge on any atom is -0.439 e. The Bertz CT molecular complexity index is 5580. The number of piperazine rings is 3. The van der Waals surface area contributed by atoms with Crippen molar-refractivity contribution in [1.82, 2.24) is 96.8 Å². The quantitative estimate of drug-likeness (QED) is 0.101. The van der Waals surface area contributed by atoms with E-state index in [0.29, 0.717) is 24.6 Å². The number of likely N-dealkylation sites (tertiary alicyclic amines) is 4. The number of pyridine rings is 9. The van der Waals surface area contributed by atoms with Gasteiger partial charge in [0.15, 0.2) is 0 Å². The molecule has 0 aliphatic carbocycles. The number of piperidine rings is 4. The number of aliphatic hydroxyl groups excluding tert-OH is 1. The van der Waals surface area contributed by atoms with E-state index in [2.05, 4.69) is 253 Å². The first-order valence-corrected chi connectivity index (χ1v) is 44.9. The first-order chi connectivity index (χ1) is 60.8. The van der Waals surface area contributed by atoms with E-state index in [-0.39, 0.29) is 60.6 Å². The summed E-state index contributed by atoms with van der Waals surface area (Å²) in [5, 5.41) is 10.7. The Morgan fingerprint density at radius 3 is 1.03 bits per heavy atom. The first kappa shape index (κ1) is 86.4. The number of methoxy groups -OCH3 is 2. The standard InChI is InChI=1S/2C25H34N6O.C24H32N6O.C24H25N5O/c2*1-18-7-6-10-26-25(18)22-16-19(32-4)15-21(29(22)3)20-17-31-23(27-20)8-5-9-24(31)30-13-11-28(2)12-14-30;1-17-6-5-9-25-24(17)21-15-18(31)14-20(28(21)3)19-16-30-22(26-19)7-4-8-23(30)29-12-10-27(2)11-13-29;1-17-7-5-14-26-24(17)21-10-3-9-20(28(21)2)19-16-29-22(27-19)11-4-12-23(29)30-18-8-6-13-25-15-18/h2*5-10,17,19,21-22H,11-16H2,1-4H3;4-9,16,18,20-21,31H,10-15H2,1-3H3;4-8,11-16,20-21H,3,9-10H2,1-2H3/t19-,21+,22-;19-,21-,22+;18-,20+,21-;20-,21+/m0101/s1. The first-order valence-electron chi connectivity index (χ1n) is 44.9. The zero-order valence-electron chi connectivity index (χ0n) is 75.1. The number of hydrogen-bond donors (Lipinski definition) is 1. The molecule has 0 aromatic carbocycles. The van der Waals surface area contributed by atoms with Crippen LogP contribution in [0.15, 0.2) is 195 Å². The van der Waals surface area contributed by atoms with E-state index in [9.17, 15) is 5.11 Å². The second-order valence-electron chi connectivity index (χ2n) is 35.6. The van der Waals surface area contributed by atoms with E-state index in [1.54, 1.807) is 12.4 Å². The summed E-state index contributed by atoms with van der Waals surface area (Å²) >= 11 is 0. The Labute approximate surface area is 735 Å². The number of hydrogen-bond acceptors (Lipinski definition) is 23. The minimum atomic E-state index is -0.366. The van der Waals surface area contributed by atoms with Gasteiger partial charge in [-0.25, -0.2) is 19.9 Å². The summed E-state index contributed by atoms with van der Waals surface area (Å²) in [5.74, 6) is 5.09. The Kier molecular flexibility index (Phi) is 26.7. The molecule has 656 valence electrons. The molecule has 0 radical (unpaired) electrons. The van der Waals surface area contributed by atoms with Gasteiger partial charge in [0.2, 0.25) is 5.88 Å². The van der Waals surface area contributed by atoms with Crippen LogP contribution in [-0.4, -0.2) is 262 Å². The third-order valence-electron chi connectivity index (χ3n) is 27.6. The molecule has 7 aliphatic rings. The van der Waals surface area contributed by atoms with Gasteiger partial charge in [0.1, 0.15) is 45.8 Å². The van der Waals surface area contributed by atoms with Gasteiger partial charge in [-0.2, -0.15) is 0 Å². The lowest BCUT2D eigenvalue weighted by Crippen LogP contribution is -2.45. The largest absolute Gasteiger partial charge is 0.439 e. The second kappa shape index (κ2) is 38.6. The number of aliphatic hydroxyl groups is 1. The number of aromatic nitrogens is 13. The number of nitrogens with zero attached hydrogens (tertiary/aromatic N) is 23. The lowest BCUT2D eigenvalue weighted by atomic mass is 9.89. The van der Waals surface area contributed by atoms with Crippen molar-refractivity contribution in [3.05, 3.63) is 263 Å². The molecule has 0 unspecified atom stereocenters. The zero-order valence-corrected chi connectivity index (χ0v) is 75.1. The highest BCUT2D eigenvalue weighted by Gasteiger charge is 2.42. The van der Waals surface area contributed by atoms with Crippen molar-refractivity contribution in [3.63, 3.8) is 0 Å². The summed E-state index contributed by atoms with van der Waals surface area (Å²) in [6.45, 7) is 21.2. The molecule has 27 nitrogen and oxygen atoms in total. The minimum absolute atomic E-state index is 0.0513. The van der Waals surface area contributed by atoms with Gasteiger partial charge >= 0.3 is 0 Å². The molecule has 0 spiro atoms. The molecule has 27 heteroatoms. The molecule has 20 heterocycles. The molecular weight excluding hydrogens is 1560 g/mol. The molecule has 0 amide bonds. The van der Waals surface area contributed by atoms with Crippen molar-refractivity contribution in [1.29, 1.82) is 0 Å². The van der Waals surface area contributed by atoms with Crippen LogP contribution in [0.5, 0.6) is 11.6 Å². The third-order valence-corrected chi connectivity index (χ3v) is 27.6. The molecule has 13 aromatic rings. The van der Waals surface area contributed by atoms with Crippen molar-refractivity contribution in [2.24, 2.45) is 0 Å². The summed E-state index contributed by atoms with van der Waals surface area (Å²) in [5.41, 5.74) is 17.5. The molecule has 11 atom stereocenters. The number of ether oxygens (including phenoxy) is 3. The highest BCUT2D eigenvalue weighted by molar-refractivity contribution is 5.56. The van der Waals surface area contributed by atoms with Crippen LogP contribution < -0.4 is 19.4 Å². The number of anilines is 3. The fourth-order valence-electron chi connectivity index (χ4n) is 20.1. The molecule has 7 saturated heterocycles. The molecule has 0 saturated carbocycles. The second-order valence-corrected chi connectivity index (χ2v) is 35.6. The molecule has 13 aromatic heterocycles. The zero-order chi connectivity index (χ0) is 86.5. The summed E-state index contributed by atoms with van der Waals surface area (Å²) in [7, 11) is 19.0. The number of aryl methyl sites for hydroxylation is 4. The topological polar surface area (TPSA) is 214 Å². The summed E-state index contributed by atoms with van der Waals surface area (Å²) in [6.07, 6.45) is 28.3. The van der Waals surface area contributed by atoms with Gasteiger partial charge in [0.25, 0.3) is 0 Å². The van der Waals surface area contributed by atoms with Gasteiger partial charge in [-0.15, -0.1) is 0 Å². The summed E-state index contributed by atoms with van der Waals surface area (Å²) in [6, 6.07) is 47.0. The van der Waals surface area contributed by atoms with E-state index in [1.807, 2.05) is 98.0 Å². The van der Waals surface area contributed by atoms with Crippen molar-refractivity contribution >= 4 is 40.0 Å². The smallest absolute Gasteiger partial charge is 0.205 e. The van der Waals surface area contributed by atoms with Crippen LogP contribution in [-0.2, 0) is 9.47 Å². The number of imidazole rings is 4. The monoisotopic (exact) mass is 1690 g/mol. The fourth-order valence-corrected chi connectivity index (χ4v) is 20.1. The molecule has 20 rings (SSSR count). The lowest BCUT2D eigenvalue weighted by molar-refractivity contribution is -0.0145. The van der Waals surface area contributed by atoms with Crippen LogP contribution in [0.1, 0.15) is 174 Å². The number of likely N-dealkylation sites (N-methyl/N-ethyl adjacent to an activating group) is 3. The number of fused-ring (bicyclic) bond motifs is 4. The maximum atomic E-state index is 10.7. The summed E-state index contributed by atoms with van der Waals surface area (Å²) in [4.78, 5) is 67.3. The molecule has 0 bridgehead atoms. The summed E-state index contributed by atoms with van der Waals surface area (Å²) < 4.78 is 26.6. The predicted octanol–water partition coefficient (Wildman–Crippen LogP) is 14.4. The van der Waals surface area contributed by atoms with E-state index in [0.717, 1.165) is 192 Å². The number of rotatable bonds is 15. The molecule has 1 N–H and O–H groups in total. The van der Waals surface area contributed by atoms with Crippen LogP contribution in [0.4, 0.5) is 17.5 Å².